The van der Waals surface area contributed by atoms with Gasteiger partial charge in [-0.2, -0.15) is 0 Å². The number of hydrogen-bond acceptors (Lipinski definition) is 0. The zero-order valence-electron chi connectivity index (χ0n) is 14.7. The monoisotopic (exact) mass is 288 g/mol. The number of hydrogen-bond donors (Lipinski definition) is 0. The van der Waals surface area contributed by atoms with Crippen LogP contribution in [-0.4, -0.2) is 0 Å². The summed E-state index contributed by atoms with van der Waals surface area (Å²) in [6.45, 7) is 6.98. The van der Waals surface area contributed by atoms with Crippen LogP contribution in [0.1, 0.15) is 89.7 Å². The van der Waals surface area contributed by atoms with Crippen LogP contribution in [0.25, 0.3) is 0 Å². The smallest absolute Gasteiger partial charge is 0.0274 e. The van der Waals surface area contributed by atoms with Gasteiger partial charge in [-0.25, -0.2) is 0 Å². The molecule has 0 aliphatic rings. The summed E-state index contributed by atoms with van der Waals surface area (Å²) in [6, 6.07) is 9.13. The second kappa shape index (κ2) is 11.8. The van der Waals surface area contributed by atoms with E-state index in [-0.39, 0.29) is 0 Å². The van der Waals surface area contributed by atoms with Gasteiger partial charge < -0.3 is 0 Å². The maximum Gasteiger partial charge on any atom is -0.0274 e. The molecular formula is C21H36. The fraction of sp³-hybridized carbons (Fsp3) is 0.714. The summed E-state index contributed by atoms with van der Waals surface area (Å²) in [7, 11) is 0. The Morgan fingerprint density at radius 3 is 2.00 bits per heavy atom. The molecule has 0 nitrogen and oxygen atoms in total. The lowest BCUT2D eigenvalue weighted by atomic mass is 9.93. The first kappa shape index (κ1) is 18.3. The molecule has 0 heteroatoms. The molecule has 1 rings (SSSR count). The molecule has 1 aromatic rings. The topological polar surface area (TPSA) is 0 Å². The summed E-state index contributed by atoms with van der Waals surface area (Å²) in [6.07, 6.45) is 15.0. The van der Waals surface area contributed by atoms with Crippen LogP contribution in [-0.2, 0) is 12.8 Å². The van der Waals surface area contributed by atoms with Gasteiger partial charge in [0.2, 0.25) is 0 Å². The maximum atomic E-state index is 2.40. The molecule has 1 atom stereocenters. The fourth-order valence-electron chi connectivity index (χ4n) is 3.18. The van der Waals surface area contributed by atoms with Gasteiger partial charge in [0, 0.05) is 0 Å². The van der Waals surface area contributed by atoms with Crippen molar-refractivity contribution in [1.29, 1.82) is 0 Å². The first-order chi connectivity index (χ1) is 10.3. The highest BCUT2D eigenvalue weighted by Gasteiger charge is 2.05. The summed E-state index contributed by atoms with van der Waals surface area (Å²) in [4.78, 5) is 0. The predicted octanol–water partition coefficient (Wildman–Crippen LogP) is 6.96. The SMILES string of the molecule is CCCCCCCCc1ccccc1CCC(C)CCC. The van der Waals surface area contributed by atoms with Crippen LogP contribution in [0.4, 0.5) is 0 Å². The van der Waals surface area contributed by atoms with Gasteiger partial charge in [-0.1, -0.05) is 90.0 Å². The summed E-state index contributed by atoms with van der Waals surface area (Å²) in [5.41, 5.74) is 3.21. The van der Waals surface area contributed by atoms with Gasteiger partial charge in [0.15, 0.2) is 0 Å². The molecule has 0 fully saturated rings. The minimum atomic E-state index is 0.872. The highest BCUT2D eigenvalue weighted by molar-refractivity contribution is 5.27. The lowest BCUT2D eigenvalue weighted by Crippen LogP contribution is -2.00. The molecule has 21 heavy (non-hydrogen) atoms. The molecular weight excluding hydrogens is 252 g/mol. The van der Waals surface area contributed by atoms with Gasteiger partial charge in [-0.15, -0.1) is 0 Å². The zero-order valence-corrected chi connectivity index (χ0v) is 14.7. The molecule has 1 unspecified atom stereocenters. The van der Waals surface area contributed by atoms with E-state index in [1.54, 1.807) is 11.1 Å². The zero-order chi connectivity index (χ0) is 15.3. The Balaban J connectivity index is 2.33. The highest BCUT2D eigenvalue weighted by Crippen LogP contribution is 2.19. The second-order valence-corrected chi connectivity index (χ2v) is 6.72. The molecule has 0 amide bonds. The lowest BCUT2D eigenvalue weighted by molar-refractivity contribution is 0.485. The quantitative estimate of drug-likeness (QED) is 0.365. The van der Waals surface area contributed by atoms with Crippen molar-refractivity contribution in [2.45, 2.75) is 91.4 Å². The first-order valence-corrected chi connectivity index (χ1v) is 9.34. The lowest BCUT2D eigenvalue weighted by Gasteiger charge is -2.13. The third kappa shape index (κ3) is 8.29. The fourth-order valence-corrected chi connectivity index (χ4v) is 3.18. The maximum absolute atomic E-state index is 2.40. The van der Waals surface area contributed by atoms with Crippen LogP contribution in [0.15, 0.2) is 24.3 Å². The van der Waals surface area contributed by atoms with Crippen molar-refractivity contribution in [3.05, 3.63) is 35.4 Å². The molecule has 0 aliphatic carbocycles. The highest BCUT2D eigenvalue weighted by atomic mass is 14.1. The van der Waals surface area contributed by atoms with E-state index in [1.807, 2.05) is 0 Å². The van der Waals surface area contributed by atoms with Crippen LogP contribution in [0, 0.1) is 5.92 Å². The molecule has 0 saturated heterocycles. The van der Waals surface area contributed by atoms with Crippen molar-refractivity contribution >= 4 is 0 Å². The van der Waals surface area contributed by atoms with Gasteiger partial charge in [0.25, 0.3) is 0 Å². The normalized spacial score (nSPS) is 12.5. The Hall–Kier alpha value is -0.780. The van der Waals surface area contributed by atoms with E-state index in [4.69, 9.17) is 0 Å². The van der Waals surface area contributed by atoms with E-state index in [2.05, 4.69) is 45.0 Å². The Morgan fingerprint density at radius 1 is 0.714 bits per heavy atom. The average molecular weight is 289 g/mol. The minimum Gasteiger partial charge on any atom is -0.0654 e. The third-order valence-corrected chi connectivity index (χ3v) is 4.61. The van der Waals surface area contributed by atoms with Gasteiger partial charge in [-0.3, -0.25) is 0 Å². The second-order valence-electron chi connectivity index (χ2n) is 6.72. The van der Waals surface area contributed by atoms with Crippen LogP contribution < -0.4 is 0 Å². The third-order valence-electron chi connectivity index (χ3n) is 4.61. The van der Waals surface area contributed by atoms with Crippen molar-refractivity contribution in [3.63, 3.8) is 0 Å². The molecule has 0 radical (unpaired) electrons. The first-order valence-electron chi connectivity index (χ1n) is 9.34. The summed E-state index contributed by atoms with van der Waals surface area (Å²) in [5, 5.41) is 0. The minimum absolute atomic E-state index is 0.872. The van der Waals surface area contributed by atoms with Gasteiger partial charge in [0.05, 0.1) is 0 Å². The Morgan fingerprint density at radius 2 is 1.33 bits per heavy atom. The van der Waals surface area contributed by atoms with Gasteiger partial charge >= 0.3 is 0 Å². The molecule has 120 valence electrons. The van der Waals surface area contributed by atoms with Gasteiger partial charge in [-0.05, 0) is 42.7 Å². The van der Waals surface area contributed by atoms with E-state index in [0.29, 0.717) is 0 Å². The molecule has 0 heterocycles. The van der Waals surface area contributed by atoms with Crippen molar-refractivity contribution in [2.75, 3.05) is 0 Å². The van der Waals surface area contributed by atoms with E-state index < -0.39 is 0 Å². The number of rotatable bonds is 12. The van der Waals surface area contributed by atoms with Crippen LogP contribution in [0.2, 0.25) is 0 Å². The predicted molar refractivity (Wildman–Crippen MR) is 95.9 cm³/mol. The largest absolute Gasteiger partial charge is 0.0654 e. The van der Waals surface area contributed by atoms with Crippen molar-refractivity contribution < 1.29 is 0 Å². The number of unbranched alkanes of at least 4 members (excludes halogenated alkanes) is 5. The summed E-state index contributed by atoms with van der Waals surface area (Å²) >= 11 is 0. The van der Waals surface area contributed by atoms with E-state index in [9.17, 15) is 0 Å². The van der Waals surface area contributed by atoms with Crippen LogP contribution in [0.5, 0.6) is 0 Å². The standard InChI is InChI=1S/C21H36/c1-4-6-7-8-9-10-14-20-15-11-12-16-21(20)18-17-19(3)13-5-2/h11-12,15-16,19H,4-10,13-14,17-18H2,1-3H3. The average Bonchev–Trinajstić information content (AvgIpc) is 2.50. The molecule has 0 aromatic heterocycles. The van der Waals surface area contributed by atoms with E-state index in [1.165, 1.54) is 70.6 Å². The number of aryl methyl sites for hydroxylation is 2. The Bertz CT molecular complexity index is 353. The molecule has 0 spiro atoms. The summed E-state index contributed by atoms with van der Waals surface area (Å²) in [5.74, 6) is 0.872. The van der Waals surface area contributed by atoms with Gasteiger partial charge in [0.1, 0.15) is 0 Å². The Kier molecular flexibility index (Phi) is 10.3. The molecule has 1 aromatic carbocycles. The van der Waals surface area contributed by atoms with E-state index >= 15 is 0 Å². The molecule has 0 saturated carbocycles. The van der Waals surface area contributed by atoms with E-state index in [0.717, 1.165) is 5.92 Å². The Labute approximate surface area is 133 Å². The van der Waals surface area contributed by atoms with Crippen molar-refractivity contribution in [2.24, 2.45) is 5.92 Å². The summed E-state index contributed by atoms with van der Waals surface area (Å²) < 4.78 is 0. The van der Waals surface area contributed by atoms with Crippen molar-refractivity contribution in [3.8, 4) is 0 Å². The van der Waals surface area contributed by atoms with Crippen LogP contribution in [0.3, 0.4) is 0 Å². The van der Waals surface area contributed by atoms with Crippen molar-refractivity contribution in [1.82, 2.24) is 0 Å². The molecule has 0 N–H and O–H groups in total. The molecule has 0 aliphatic heterocycles. The van der Waals surface area contributed by atoms with Crippen LogP contribution >= 0.6 is 0 Å². The number of benzene rings is 1. The molecule has 0 bridgehead atoms.